The van der Waals surface area contributed by atoms with E-state index in [2.05, 4.69) is 28.7 Å². The SMILES string of the molecule is Cc1ccc(NC(=O)N2CCc3c(CN4CCCC4)nn(C(C)C)c3C2)cc1. The van der Waals surface area contributed by atoms with Crippen molar-refractivity contribution in [2.24, 2.45) is 0 Å². The molecule has 3 heterocycles. The minimum absolute atomic E-state index is 0.0351. The highest BCUT2D eigenvalue weighted by Gasteiger charge is 2.29. The third-order valence-corrected chi connectivity index (χ3v) is 5.83. The predicted molar refractivity (Wildman–Crippen MR) is 111 cm³/mol. The fourth-order valence-electron chi connectivity index (χ4n) is 4.24. The molecule has 4 rings (SSSR count). The van der Waals surface area contributed by atoms with Crippen molar-refractivity contribution < 1.29 is 4.79 Å². The molecule has 2 aliphatic rings. The third-order valence-electron chi connectivity index (χ3n) is 5.83. The standard InChI is InChI=1S/C22H31N5O/c1-16(2)27-21-15-26(22(28)23-18-8-6-17(3)7-9-18)13-10-19(21)20(24-27)14-25-11-4-5-12-25/h6-9,16H,4-5,10-15H2,1-3H3,(H,23,28). The molecular weight excluding hydrogens is 350 g/mol. The summed E-state index contributed by atoms with van der Waals surface area (Å²) >= 11 is 0. The van der Waals surface area contributed by atoms with Crippen molar-refractivity contribution in [2.75, 3.05) is 25.0 Å². The van der Waals surface area contributed by atoms with Gasteiger partial charge < -0.3 is 10.2 Å². The van der Waals surface area contributed by atoms with E-state index < -0.39 is 0 Å². The number of benzene rings is 1. The lowest BCUT2D eigenvalue weighted by Gasteiger charge is -2.29. The minimum Gasteiger partial charge on any atom is -0.318 e. The Morgan fingerprint density at radius 1 is 1.14 bits per heavy atom. The topological polar surface area (TPSA) is 53.4 Å². The second-order valence-electron chi connectivity index (χ2n) is 8.36. The highest BCUT2D eigenvalue weighted by molar-refractivity contribution is 5.89. The largest absolute Gasteiger partial charge is 0.322 e. The van der Waals surface area contributed by atoms with Crippen molar-refractivity contribution in [1.29, 1.82) is 0 Å². The number of urea groups is 1. The first kappa shape index (κ1) is 19.0. The molecule has 1 N–H and O–H groups in total. The van der Waals surface area contributed by atoms with Gasteiger partial charge in [-0.25, -0.2) is 4.79 Å². The van der Waals surface area contributed by atoms with Gasteiger partial charge >= 0.3 is 6.03 Å². The van der Waals surface area contributed by atoms with Crippen LogP contribution in [-0.2, 0) is 19.5 Å². The number of carbonyl (C=O) groups excluding carboxylic acids is 1. The second-order valence-corrected chi connectivity index (χ2v) is 8.36. The molecule has 2 aliphatic heterocycles. The number of aryl methyl sites for hydroxylation is 1. The van der Waals surface area contributed by atoms with Crippen molar-refractivity contribution in [3.05, 3.63) is 46.8 Å². The van der Waals surface area contributed by atoms with E-state index in [0.717, 1.165) is 25.2 Å². The number of rotatable bonds is 4. The van der Waals surface area contributed by atoms with Crippen LogP contribution in [-0.4, -0.2) is 45.2 Å². The summed E-state index contributed by atoms with van der Waals surface area (Å²) in [6.45, 7) is 11.0. The number of hydrogen-bond acceptors (Lipinski definition) is 3. The number of aromatic nitrogens is 2. The summed E-state index contributed by atoms with van der Waals surface area (Å²) in [5.41, 5.74) is 5.80. The van der Waals surface area contributed by atoms with Crippen molar-refractivity contribution >= 4 is 11.7 Å². The number of fused-ring (bicyclic) bond motifs is 1. The smallest absolute Gasteiger partial charge is 0.318 e. The van der Waals surface area contributed by atoms with Crippen LogP contribution in [0.15, 0.2) is 24.3 Å². The van der Waals surface area contributed by atoms with Gasteiger partial charge in [-0.1, -0.05) is 17.7 Å². The first-order valence-electron chi connectivity index (χ1n) is 10.5. The Morgan fingerprint density at radius 3 is 2.54 bits per heavy atom. The Morgan fingerprint density at radius 2 is 1.86 bits per heavy atom. The van der Waals surface area contributed by atoms with E-state index in [1.807, 2.05) is 36.1 Å². The zero-order chi connectivity index (χ0) is 19.7. The summed E-state index contributed by atoms with van der Waals surface area (Å²) in [6.07, 6.45) is 3.46. The van der Waals surface area contributed by atoms with E-state index in [1.165, 1.54) is 48.4 Å². The zero-order valence-corrected chi connectivity index (χ0v) is 17.2. The monoisotopic (exact) mass is 381 g/mol. The molecule has 150 valence electrons. The molecule has 2 aromatic rings. The van der Waals surface area contributed by atoms with Crippen LogP contribution < -0.4 is 5.32 Å². The van der Waals surface area contributed by atoms with Gasteiger partial charge in [-0.15, -0.1) is 0 Å². The molecule has 0 aliphatic carbocycles. The normalized spacial score (nSPS) is 17.2. The molecule has 0 bridgehead atoms. The van der Waals surface area contributed by atoms with E-state index in [9.17, 15) is 4.79 Å². The molecule has 1 saturated heterocycles. The Hall–Kier alpha value is -2.34. The molecule has 0 unspecified atom stereocenters. The summed E-state index contributed by atoms with van der Waals surface area (Å²) in [7, 11) is 0. The van der Waals surface area contributed by atoms with Gasteiger partial charge in [0, 0.05) is 30.4 Å². The number of amides is 2. The number of nitrogens with zero attached hydrogens (tertiary/aromatic N) is 4. The van der Waals surface area contributed by atoms with E-state index >= 15 is 0 Å². The van der Waals surface area contributed by atoms with Gasteiger partial charge in [0.25, 0.3) is 0 Å². The Bertz CT molecular complexity index is 833. The van der Waals surface area contributed by atoms with Gasteiger partial charge in [0.15, 0.2) is 0 Å². The zero-order valence-electron chi connectivity index (χ0n) is 17.2. The van der Waals surface area contributed by atoms with Crippen molar-refractivity contribution in [3.63, 3.8) is 0 Å². The fraction of sp³-hybridized carbons (Fsp3) is 0.545. The molecule has 0 atom stereocenters. The molecule has 6 nitrogen and oxygen atoms in total. The van der Waals surface area contributed by atoms with Crippen LogP contribution in [0.5, 0.6) is 0 Å². The summed E-state index contributed by atoms with van der Waals surface area (Å²) in [5.74, 6) is 0. The van der Waals surface area contributed by atoms with Crippen LogP contribution in [0, 0.1) is 6.92 Å². The summed E-state index contributed by atoms with van der Waals surface area (Å²) < 4.78 is 2.13. The molecule has 0 saturated carbocycles. The van der Waals surface area contributed by atoms with Crippen LogP contribution in [0.2, 0.25) is 0 Å². The first-order valence-corrected chi connectivity index (χ1v) is 10.5. The summed E-state index contributed by atoms with van der Waals surface area (Å²) in [5, 5.41) is 7.99. The highest BCUT2D eigenvalue weighted by Crippen LogP contribution is 2.27. The molecule has 6 heteroatoms. The number of carbonyl (C=O) groups is 1. The minimum atomic E-state index is -0.0351. The van der Waals surface area contributed by atoms with Crippen molar-refractivity contribution in [1.82, 2.24) is 19.6 Å². The van der Waals surface area contributed by atoms with E-state index in [-0.39, 0.29) is 6.03 Å². The van der Waals surface area contributed by atoms with Crippen molar-refractivity contribution in [3.8, 4) is 0 Å². The predicted octanol–water partition coefficient (Wildman–Crippen LogP) is 3.96. The molecule has 28 heavy (non-hydrogen) atoms. The average Bonchev–Trinajstić information content (AvgIpc) is 3.32. The number of anilines is 1. The van der Waals surface area contributed by atoms with Crippen LogP contribution in [0.1, 0.15) is 55.2 Å². The van der Waals surface area contributed by atoms with Gasteiger partial charge in [-0.05, 0) is 65.3 Å². The summed E-state index contributed by atoms with van der Waals surface area (Å²) in [4.78, 5) is 17.2. The molecular formula is C22H31N5O. The van der Waals surface area contributed by atoms with Crippen LogP contribution in [0.25, 0.3) is 0 Å². The number of hydrogen-bond donors (Lipinski definition) is 1. The lowest BCUT2D eigenvalue weighted by Crippen LogP contribution is -2.39. The number of likely N-dealkylation sites (tertiary alicyclic amines) is 1. The lowest BCUT2D eigenvalue weighted by atomic mass is 10.0. The van der Waals surface area contributed by atoms with Crippen LogP contribution in [0.3, 0.4) is 0 Å². The van der Waals surface area contributed by atoms with Gasteiger partial charge in [-0.2, -0.15) is 5.10 Å². The maximum absolute atomic E-state index is 12.8. The molecule has 2 amide bonds. The van der Waals surface area contributed by atoms with Crippen molar-refractivity contribution in [2.45, 2.75) is 59.2 Å². The van der Waals surface area contributed by atoms with E-state index in [1.54, 1.807) is 0 Å². The molecule has 0 radical (unpaired) electrons. The second kappa shape index (κ2) is 7.95. The Balaban J connectivity index is 1.51. The quantitative estimate of drug-likeness (QED) is 0.872. The molecule has 1 aromatic carbocycles. The van der Waals surface area contributed by atoms with Gasteiger partial charge in [0.2, 0.25) is 0 Å². The van der Waals surface area contributed by atoms with E-state index in [0.29, 0.717) is 12.6 Å². The number of nitrogens with one attached hydrogen (secondary N) is 1. The Labute approximate surface area is 167 Å². The van der Waals surface area contributed by atoms with Crippen LogP contribution >= 0.6 is 0 Å². The van der Waals surface area contributed by atoms with Crippen LogP contribution in [0.4, 0.5) is 10.5 Å². The first-order chi connectivity index (χ1) is 13.5. The molecule has 0 spiro atoms. The maximum atomic E-state index is 12.8. The van der Waals surface area contributed by atoms with Gasteiger partial charge in [-0.3, -0.25) is 9.58 Å². The van der Waals surface area contributed by atoms with E-state index in [4.69, 9.17) is 5.10 Å². The molecule has 1 aromatic heterocycles. The Kier molecular flexibility index (Phi) is 5.40. The highest BCUT2D eigenvalue weighted by atomic mass is 16.2. The summed E-state index contributed by atoms with van der Waals surface area (Å²) in [6, 6.07) is 8.20. The third kappa shape index (κ3) is 3.92. The molecule has 1 fully saturated rings. The van der Waals surface area contributed by atoms with Gasteiger partial charge in [0.1, 0.15) is 0 Å². The van der Waals surface area contributed by atoms with Gasteiger partial charge in [0.05, 0.1) is 17.9 Å². The lowest BCUT2D eigenvalue weighted by molar-refractivity contribution is 0.203. The average molecular weight is 382 g/mol. The fourth-order valence-corrected chi connectivity index (χ4v) is 4.24. The maximum Gasteiger partial charge on any atom is 0.322 e.